The number of nitrogens with zero attached hydrogens (tertiary/aromatic N) is 2. The molecule has 1 unspecified atom stereocenters. The molecule has 9 heteroatoms. The second kappa shape index (κ2) is 9.01. The van der Waals surface area contributed by atoms with E-state index in [4.69, 9.17) is 5.11 Å². The first-order chi connectivity index (χ1) is 16.1. The number of aromatic nitrogens is 2. The maximum atomic E-state index is 13.0. The van der Waals surface area contributed by atoms with E-state index in [0.717, 1.165) is 17.7 Å². The maximum Gasteiger partial charge on any atom is 0.416 e. The highest BCUT2D eigenvalue weighted by Crippen LogP contribution is 2.30. The lowest BCUT2D eigenvalue weighted by molar-refractivity contribution is -0.138. The first-order valence-electron chi connectivity index (χ1n) is 10.4. The minimum absolute atomic E-state index is 0.311. The van der Waals surface area contributed by atoms with Gasteiger partial charge in [0.25, 0.3) is 5.91 Å². The molecule has 2 aromatic heterocycles. The van der Waals surface area contributed by atoms with Gasteiger partial charge in [-0.25, -0.2) is 4.52 Å². The van der Waals surface area contributed by atoms with E-state index in [0.29, 0.717) is 34.3 Å². The molecule has 6 nitrogen and oxygen atoms in total. The van der Waals surface area contributed by atoms with Crippen LogP contribution in [0.5, 0.6) is 0 Å². The number of anilines is 1. The number of hydrogen-bond donors (Lipinski definition) is 2. The fourth-order valence-corrected chi connectivity index (χ4v) is 3.65. The number of carboxylic acids is 1. The Morgan fingerprint density at radius 1 is 1.06 bits per heavy atom. The van der Waals surface area contributed by atoms with Crippen molar-refractivity contribution in [2.75, 3.05) is 5.32 Å². The number of pyridine rings is 1. The van der Waals surface area contributed by atoms with Gasteiger partial charge in [0.05, 0.1) is 28.8 Å². The number of nitrogens with one attached hydrogen (secondary N) is 1. The van der Waals surface area contributed by atoms with Crippen LogP contribution >= 0.6 is 0 Å². The molecule has 0 aliphatic rings. The number of hydrogen-bond acceptors (Lipinski definition) is 3. The third-order valence-corrected chi connectivity index (χ3v) is 5.58. The van der Waals surface area contributed by atoms with Crippen molar-refractivity contribution in [1.29, 1.82) is 0 Å². The molecule has 0 aliphatic carbocycles. The van der Waals surface area contributed by atoms with Crippen LogP contribution in [-0.4, -0.2) is 26.6 Å². The van der Waals surface area contributed by atoms with E-state index in [9.17, 15) is 22.8 Å². The Balaban J connectivity index is 1.58. The summed E-state index contributed by atoms with van der Waals surface area (Å²) >= 11 is 0. The normalized spacial score (nSPS) is 12.5. The lowest BCUT2D eigenvalue weighted by Crippen LogP contribution is -2.13. The van der Waals surface area contributed by atoms with E-state index in [1.54, 1.807) is 54.0 Å². The number of carbonyl (C=O) groups excluding carboxylic acids is 1. The van der Waals surface area contributed by atoms with E-state index in [-0.39, 0.29) is 0 Å². The van der Waals surface area contributed by atoms with Gasteiger partial charge in [-0.15, -0.1) is 0 Å². The zero-order valence-corrected chi connectivity index (χ0v) is 18.0. The summed E-state index contributed by atoms with van der Waals surface area (Å²) in [6.45, 7) is 1.58. The molecule has 1 atom stereocenters. The van der Waals surface area contributed by atoms with Crippen molar-refractivity contribution in [2.24, 2.45) is 0 Å². The Labute approximate surface area is 192 Å². The topological polar surface area (TPSA) is 83.7 Å². The molecule has 0 spiro atoms. The van der Waals surface area contributed by atoms with Crippen LogP contribution in [-0.2, 0) is 17.4 Å². The molecule has 2 N–H and O–H groups in total. The highest BCUT2D eigenvalue weighted by Gasteiger charge is 2.30. The first kappa shape index (κ1) is 23.0. The molecule has 2 heterocycles. The molecule has 0 bridgehead atoms. The van der Waals surface area contributed by atoms with Gasteiger partial charge in [-0.05, 0) is 60.4 Å². The van der Waals surface area contributed by atoms with Gasteiger partial charge in [0.15, 0.2) is 0 Å². The largest absolute Gasteiger partial charge is 0.481 e. The van der Waals surface area contributed by atoms with Gasteiger partial charge < -0.3 is 10.4 Å². The van der Waals surface area contributed by atoms with E-state index in [1.165, 1.54) is 18.3 Å². The minimum Gasteiger partial charge on any atom is -0.481 e. The highest BCUT2D eigenvalue weighted by molar-refractivity contribution is 6.09. The summed E-state index contributed by atoms with van der Waals surface area (Å²) in [6.07, 6.45) is -0.971. The van der Waals surface area contributed by atoms with E-state index in [1.807, 2.05) is 0 Å². The van der Waals surface area contributed by atoms with Gasteiger partial charge in [0.2, 0.25) is 0 Å². The SMILES string of the molecule is CC(C(=O)O)c1ccc(NC(=O)c2cnn3cccc(Cc4ccc(C(F)(F)F)cc4)c23)cc1. The van der Waals surface area contributed by atoms with Crippen LogP contribution in [0.1, 0.15) is 45.5 Å². The van der Waals surface area contributed by atoms with E-state index >= 15 is 0 Å². The predicted molar refractivity (Wildman–Crippen MR) is 120 cm³/mol. The molecule has 0 saturated heterocycles. The molecule has 1 amide bonds. The summed E-state index contributed by atoms with van der Waals surface area (Å²) in [5.74, 6) is -2.02. The second-order valence-corrected chi connectivity index (χ2v) is 7.89. The summed E-state index contributed by atoms with van der Waals surface area (Å²) in [4.78, 5) is 24.1. The summed E-state index contributed by atoms with van der Waals surface area (Å²) in [5.41, 5.74) is 2.64. The third kappa shape index (κ3) is 4.78. The van der Waals surface area contributed by atoms with Crippen LogP contribution in [0, 0.1) is 0 Å². The smallest absolute Gasteiger partial charge is 0.416 e. The standard InChI is InChI=1S/C25H20F3N3O3/c1-15(24(33)34)17-6-10-20(11-7-17)30-23(32)21-14-29-31-12-2-3-18(22(21)31)13-16-4-8-19(9-5-16)25(26,27)28/h2-12,14-15H,13H2,1H3,(H,30,32)(H,33,34). The molecule has 2 aromatic carbocycles. The molecule has 0 fully saturated rings. The fourth-order valence-electron chi connectivity index (χ4n) is 3.65. The van der Waals surface area contributed by atoms with Crippen molar-refractivity contribution in [3.63, 3.8) is 0 Å². The summed E-state index contributed by atoms with van der Waals surface area (Å²) in [5, 5.41) is 16.1. The lowest BCUT2D eigenvalue weighted by atomic mass is 10.0. The summed E-state index contributed by atoms with van der Waals surface area (Å²) in [7, 11) is 0. The number of aliphatic carboxylic acids is 1. The van der Waals surface area contributed by atoms with Crippen molar-refractivity contribution in [3.05, 3.63) is 101 Å². The molecule has 0 saturated carbocycles. The van der Waals surface area contributed by atoms with Gasteiger partial charge in [0, 0.05) is 11.9 Å². The number of fused-ring (bicyclic) bond motifs is 1. The predicted octanol–water partition coefficient (Wildman–Crippen LogP) is 5.38. The van der Waals surface area contributed by atoms with Crippen molar-refractivity contribution in [3.8, 4) is 0 Å². The van der Waals surface area contributed by atoms with Crippen molar-refractivity contribution in [2.45, 2.75) is 25.4 Å². The third-order valence-electron chi connectivity index (χ3n) is 5.58. The number of rotatable bonds is 6. The van der Waals surface area contributed by atoms with Gasteiger partial charge in [0.1, 0.15) is 0 Å². The van der Waals surface area contributed by atoms with Gasteiger partial charge in [-0.3, -0.25) is 9.59 Å². The van der Waals surface area contributed by atoms with Crippen LogP contribution < -0.4 is 5.32 Å². The van der Waals surface area contributed by atoms with Crippen LogP contribution in [0.25, 0.3) is 5.52 Å². The Kier molecular flexibility index (Phi) is 6.10. The van der Waals surface area contributed by atoms with Crippen LogP contribution in [0.2, 0.25) is 0 Å². The highest BCUT2D eigenvalue weighted by atomic mass is 19.4. The Morgan fingerprint density at radius 3 is 2.35 bits per heavy atom. The van der Waals surface area contributed by atoms with Crippen molar-refractivity contribution in [1.82, 2.24) is 9.61 Å². The van der Waals surface area contributed by atoms with Gasteiger partial charge in [-0.1, -0.05) is 30.3 Å². The Hall–Kier alpha value is -4.14. The number of halogens is 3. The molecule has 0 aliphatic heterocycles. The molecule has 34 heavy (non-hydrogen) atoms. The lowest BCUT2D eigenvalue weighted by Gasteiger charge is -2.10. The molecule has 4 rings (SSSR count). The number of alkyl halides is 3. The molecule has 0 radical (unpaired) electrons. The van der Waals surface area contributed by atoms with Crippen LogP contribution in [0.3, 0.4) is 0 Å². The number of amides is 1. The van der Waals surface area contributed by atoms with Crippen molar-refractivity contribution < 1.29 is 27.9 Å². The number of benzene rings is 2. The zero-order chi connectivity index (χ0) is 24.5. The zero-order valence-electron chi connectivity index (χ0n) is 18.0. The summed E-state index contributed by atoms with van der Waals surface area (Å²) in [6, 6.07) is 15.0. The molecular formula is C25H20F3N3O3. The number of carboxylic acid groups (broad SMARTS) is 1. The number of carbonyl (C=O) groups is 2. The summed E-state index contributed by atoms with van der Waals surface area (Å²) < 4.78 is 40.1. The Bertz CT molecular complexity index is 1340. The Morgan fingerprint density at radius 2 is 1.74 bits per heavy atom. The molecular weight excluding hydrogens is 447 g/mol. The average molecular weight is 467 g/mol. The van der Waals surface area contributed by atoms with Crippen molar-refractivity contribution >= 4 is 23.1 Å². The van der Waals surface area contributed by atoms with E-state index < -0.39 is 29.5 Å². The van der Waals surface area contributed by atoms with Crippen LogP contribution in [0.15, 0.2) is 73.1 Å². The van der Waals surface area contributed by atoms with Gasteiger partial charge >= 0.3 is 12.1 Å². The molecule has 174 valence electrons. The monoisotopic (exact) mass is 467 g/mol. The second-order valence-electron chi connectivity index (χ2n) is 7.89. The fraction of sp³-hybridized carbons (Fsp3) is 0.160. The molecule has 4 aromatic rings. The van der Waals surface area contributed by atoms with Crippen LogP contribution in [0.4, 0.5) is 18.9 Å². The minimum atomic E-state index is -4.40. The quantitative estimate of drug-likeness (QED) is 0.399. The first-order valence-corrected chi connectivity index (χ1v) is 10.4. The van der Waals surface area contributed by atoms with Gasteiger partial charge in [-0.2, -0.15) is 18.3 Å². The van der Waals surface area contributed by atoms with E-state index in [2.05, 4.69) is 10.4 Å². The average Bonchev–Trinajstić information content (AvgIpc) is 3.24. The maximum absolute atomic E-state index is 13.0.